The molecule has 0 saturated carbocycles. The lowest BCUT2D eigenvalue weighted by atomic mass is 9.78. The smallest absolute Gasteiger partial charge is 0.0644 e. The molecule has 0 aliphatic heterocycles. The van der Waals surface area contributed by atoms with Crippen LogP contribution in [-0.4, -0.2) is 11.7 Å². The lowest BCUT2D eigenvalue weighted by Gasteiger charge is -2.26. The number of benzene rings is 2. The quantitative estimate of drug-likeness (QED) is 0.853. The molecular weight excluding hydrogens is 256 g/mol. The number of allylic oxidation sites excluding steroid dienone is 1. The summed E-state index contributed by atoms with van der Waals surface area (Å²) in [5.41, 5.74) is 5.95. The predicted octanol–water partition coefficient (Wildman–Crippen LogP) is 4.80. The van der Waals surface area contributed by atoms with E-state index in [2.05, 4.69) is 75.4 Å². The topological polar surface area (TPSA) is 20.2 Å². The molecule has 0 spiro atoms. The normalized spacial score (nSPS) is 13.0. The van der Waals surface area contributed by atoms with Crippen molar-refractivity contribution in [3.63, 3.8) is 0 Å². The Kier molecular flexibility index (Phi) is 4.64. The van der Waals surface area contributed by atoms with Gasteiger partial charge < -0.3 is 5.11 Å². The van der Waals surface area contributed by atoms with E-state index in [1.54, 1.807) is 0 Å². The fourth-order valence-corrected chi connectivity index (χ4v) is 2.52. The molecular formula is C20H24O. The van der Waals surface area contributed by atoms with Gasteiger partial charge in [0.1, 0.15) is 0 Å². The van der Waals surface area contributed by atoms with E-state index in [1.807, 2.05) is 6.92 Å². The van der Waals surface area contributed by atoms with Crippen LogP contribution in [0.2, 0.25) is 0 Å². The highest BCUT2D eigenvalue weighted by Crippen LogP contribution is 2.32. The van der Waals surface area contributed by atoms with E-state index in [0.717, 1.165) is 11.1 Å². The summed E-state index contributed by atoms with van der Waals surface area (Å²) in [6.07, 6.45) is 0. The molecule has 0 fully saturated rings. The highest BCUT2D eigenvalue weighted by molar-refractivity contribution is 5.67. The first-order valence-electron chi connectivity index (χ1n) is 7.40. The largest absolute Gasteiger partial charge is 0.392 e. The standard InChI is InChI=1S/C20H24O/c1-15(14-21)16(2)17-10-12-19(13-11-17)20(3,4)18-8-6-5-7-9-18/h5-13,21H,14H2,1-4H3. The minimum atomic E-state index is -0.0105. The maximum absolute atomic E-state index is 9.24. The molecule has 0 unspecified atom stereocenters. The zero-order chi connectivity index (χ0) is 15.5. The molecule has 1 nitrogen and oxygen atoms in total. The molecule has 0 aromatic heterocycles. The van der Waals surface area contributed by atoms with E-state index in [1.165, 1.54) is 16.7 Å². The summed E-state index contributed by atoms with van der Waals surface area (Å²) in [4.78, 5) is 0. The molecule has 0 saturated heterocycles. The maximum Gasteiger partial charge on any atom is 0.0644 e. The van der Waals surface area contributed by atoms with Gasteiger partial charge in [-0.2, -0.15) is 0 Å². The highest BCUT2D eigenvalue weighted by atomic mass is 16.3. The lowest BCUT2D eigenvalue weighted by molar-refractivity contribution is 0.332. The van der Waals surface area contributed by atoms with Gasteiger partial charge in [-0.15, -0.1) is 0 Å². The second kappa shape index (κ2) is 6.28. The number of rotatable bonds is 4. The Bertz CT molecular complexity index is 619. The molecule has 0 radical (unpaired) electrons. The van der Waals surface area contributed by atoms with Crippen LogP contribution in [0.3, 0.4) is 0 Å². The van der Waals surface area contributed by atoms with E-state index in [-0.39, 0.29) is 12.0 Å². The van der Waals surface area contributed by atoms with Gasteiger partial charge in [-0.25, -0.2) is 0 Å². The maximum atomic E-state index is 9.24. The second-order valence-corrected chi connectivity index (χ2v) is 6.13. The first-order valence-corrected chi connectivity index (χ1v) is 7.40. The summed E-state index contributed by atoms with van der Waals surface area (Å²) in [6, 6.07) is 19.3. The van der Waals surface area contributed by atoms with Crippen LogP contribution in [0.1, 0.15) is 44.4 Å². The summed E-state index contributed by atoms with van der Waals surface area (Å²) >= 11 is 0. The number of hydrogen-bond acceptors (Lipinski definition) is 1. The minimum absolute atomic E-state index is 0.0105. The fraction of sp³-hybridized carbons (Fsp3) is 0.300. The average Bonchev–Trinajstić information content (AvgIpc) is 2.54. The summed E-state index contributed by atoms with van der Waals surface area (Å²) in [6.45, 7) is 8.64. The number of aliphatic hydroxyl groups excluding tert-OH is 1. The van der Waals surface area contributed by atoms with Crippen LogP contribution in [0.5, 0.6) is 0 Å². The SMILES string of the molecule is CC(CO)=C(C)c1ccc(C(C)(C)c2ccccc2)cc1. The van der Waals surface area contributed by atoms with E-state index < -0.39 is 0 Å². The van der Waals surface area contributed by atoms with Gasteiger partial charge in [0.2, 0.25) is 0 Å². The molecule has 21 heavy (non-hydrogen) atoms. The Balaban J connectivity index is 2.35. The summed E-state index contributed by atoms with van der Waals surface area (Å²) in [5, 5.41) is 9.24. The molecule has 0 aliphatic carbocycles. The summed E-state index contributed by atoms with van der Waals surface area (Å²) < 4.78 is 0. The monoisotopic (exact) mass is 280 g/mol. The first-order chi connectivity index (χ1) is 9.96. The number of aliphatic hydroxyl groups is 1. The third-order valence-corrected chi connectivity index (χ3v) is 4.41. The van der Waals surface area contributed by atoms with Gasteiger partial charge in [0, 0.05) is 5.41 Å². The summed E-state index contributed by atoms with van der Waals surface area (Å²) in [7, 11) is 0. The molecule has 1 heteroatoms. The van der Waals surface area contributed by atoms with Crippen LogP contribution in [0, 0.1) is 0 Å². The average molecular weight is 280 g/mol. The van der Waals surface area contributed by atoms with Crippen LogP contribution in [-0.2, 0) is 5.41 Å². The van der Waals surface area contributed by atoms with E-state index in [0.29, 0.717) is 0 Å². The Morgan fingerprint density at radius 2 is 1.38 bits per heavy atom. The first kappa shape index (κ1) is 15.5. The zero-order valence-corrected chi connectivity index (χ0v) is 13.4. The van der Waals surface area contributed by atoms with Crippen molar-refractivity contribution >= 4 is 5.57 Å². The Hall–Kier alpha value is -1.86. The molecule has 1 N–H and O–H groups in total. The van der Waals surface area contributed by atoms with Crippen LogP contribution in [0.15, 0.2) is 60.2 Å². The third-order valence-electron chi connectivity index (χ3n) is 4.41. The summed E-state index contributed by atoms with van der Waals surface area (Å²) in [5.74, 6) is 0. The van der Waals surface area contributed by atoms with Gasteiger partial charge in [-0.1, -0.05) is 68.4 Å². The Labute approximate surface area is 128 Å². The van der Waals surface area contributed by atoms with Crippen molar-refractivity contribution in [3.8, 4) is 0 Å². The highest BCUT2D eigenvalue weighted by Gasteiger charge is 2.22. The fourth-order valence-electron chi connectivity index (χ4n) is 2.52. The minimum Gasteiger partial charge on any atom is -0.392 e. The number of hydrogen-bond donors (Lipinski definition) is 1. The van der Waals surface area contributed by atoms with E-state index in [4.69, 9.17) is 0 Å². The molecule has 0 aliphatic rings. The van der Waals surface area contributed by atoms with Gasteiger partial charge >= 0.3 is 0 Å². The van der Waals surface area contributed by atoms with Crippen molar-refractivity contribution in [2.45, 2.75) is 33.1 Å². The van der Waals surface area contributed by atoms with Gasteiger partial charge in [-0.05, 0) is 41.7 Å². The molecule has 0 atom stereocenters. The van der Waals surface area contributed by atoms with Crippen molar-refractivity contribution in [3.05, 3.63) is 76.9 Å². The van der Waals surface area contributed by atoms with Gasteiger partial charge in [-0.3, -0.25) is 0 Å². The van der Waals surface area contributed by atoms with Crippen LogP contribution < -0.4 is 0 Å². The third kappa shape index (κ3) is 3.25. The van der Waals surface area contributed by atoms with Crippen molar-refractivity contribution in [2.75, 3.05) is 6.61 Å². The predicted molar refractivity (Wildman–Crippen MR) is 90.4 cm³/mol. The van der Waals surface area contributed by atoms with E-state index in [9.17, 15) is 5.11 Å². The molecule has 0 heterocycles. The van der Waals surface area contributed by atoms with Crippen molar-refractivity contribution in [2.24, 2.45) is 0 Å². The van der Waals surface area contributed by atoms with Crippen LogP contribution in [0.4, 0.5) is 0 Å². The Morgan fingerprint density at radius 1 is 0.857 bits per heavy atom. The molecule has 2 aromatic rings. The molecule has 2 aromatic carbocycles. The molecule has 2 rings (SSSR count). The second-order valence-electron chi connectivity index (χ2n) is 6.13. The van der Waals surface area contributed by atoms with Crippen molar-refractivity contribution < 1.29 is 5.11 Å². The molecule has 0 bridgehead atoms. The van der Waals surface area contributed by atoms with Gasteiger partial charge in [0.25, 0.3) is 0 Å². The molecule has 110 valence electrons. The van der Waals surface area contributed by atoms with Crippen molar-refractivity contribution in [1.82, 2.24) is 0 Å². The van der Waals surface area contributed by atoms with Crippen molar-refractivity contribution in [1.29, 1.82) is 0 Å². The molecule has 0 amide bonds. The Morgan fingerprint density at radius 3 is 1.90 bits per heavy atom. The van der Waals surface area contributed by atoms with E-state index >= 15 is 0 Å². The van der Waals surface area contributed by atoms with Crippen LogP contribution in [0.25, 0.3) is 5.57 Å². The van der Waals surface area contributed by atoms with Crippen LogP contribution >= 0.6 is 0 Å². The lowest BCUT2D eigenvalue weighted by Crippen LogP contribution is -2.18. The zero-order valence-electron chi connectivity index (χ0n) is 13.4. The van der Waals surface area contributed by atoms with Gasteiger partial charge in [0.05, 0.1) is 6.61 Å². The van der Waals surface area contributed by atoms with Gasteiger partial charge in [0.15, 0.2) is 0 Å².